The van der Waals surface area contributed by atoms with E-state index in [0.29, 0.717) is 5.75 Å². The van der Waals surface area contributed by atoms with Crippen molar-refractivity contribution in [3.05, 3.63) is 42.6 Å². The quantitative estimate of drug-likeness (QED) is 0.297. The smallest absolute Gasteiger partial charge is 0.314 e. The molecule has 1 aliphatic rings. The fourth-order valence-electron chi connectivity index (χ4n) is 3.94. The van der Waals surface area contributed by atoms with Crippen LogP contribution in [-0.4, -0.2) is 17.6 Å². The molecule has 3 rings (SSSR count). The first-order chi connectivity index (χ1) is 14.8. The van der Waals surface area contributed by atoms with Crippen LogP contribution in [0.3, 0.4) is 0 Å². The number of esters is 1. The molecule has 2 aromatic rings. The molecule has 1 aromatic carbocycles. The van der Waals surface area contributed by atoms with Gasteiger partial charge in [0.1, 0.15) is 11.5 Å². The molecule has 0 saturated heterocycles. The molecule has 4 nitrogen and oxygen atoms in total. The molecule has 0 N–H and O–H groups in total. The number of hydrogen-bond donors (Lipinski definition) is 0. The molecule has 0 unspecified atom stereocenters. The molecule has 30 heavy (non-hydrogen) atoms. The summed E-state index contributed by atoms with van der Waals surface area (Å²) in [6.45, 7) is 3.01. The van der Waals surface area contributed by atoms with Gasteiger partial charge < -0.3 is 9.47 Å². The van der Waals surface area contributed by atoms with Crippen LogP contribution in [0.5, 0.6) is 11.5 Å². The van der Waals surface area contributed by atoms with Crippen molar-refractivity contribution in [3.63, 3.8) is 0 Å². The standard InChI is InChI=1S/C26H35NO3/c1-2-3-4-5-6-10-19-29-23-15-13-21(14-16-23)25-18-17-24(20-27-25)30-26(28)22-11-8-7-9-12-22/h13-18,20,22H,2-12,19H2,1H3. The van der Waals surface area contributed by atoms with Crippen LogP contribution in [0.25, 0.3) is 11.3 Å². The Balaban J connectivity index is 1.43. The first-order valence-corrected chi connectivity index (χ1v) is 11.7. The van der Waals surface area contributed by atoms with E-state index in [1.807, 2.05) is 36.4 Å². The van der Waals surface area contributed by atoms with Gasteiger partial charge in [-0.05, 0) is 55.7 Å². The zero-order valence-corrected chi connectivity index (χ0v) is 18.3. The van der Waals surface area contributed by atoms with Crippen molar-refractivity contribution in [1.29, 1.82) is 0 Å². The minimum absolute atomic E-state index is 0.0438. The summed E-state index contributed by atoms with van der Waals surface area (Å²) in [5, 5.41) is 0. The predicted molar refractivity (Wildman–Crippen MR) is 121 cm³/mol. The van der Waals surface area contributed by atoms with Crippen LogP contribution in [0.15, 0.2) is 42.6 Å². The second-order valence-electron chi connectivity index (χ2n) is 8.28. The molecule has 1 aliphatic carbocycles. The molecule has 1 fully saturated rings. The Morgan fingerprint density at radius 1 is 0.900 bits per heavy atom. The van der Waals surface area contributed by atoms with Crippen molar-refractivity contribution < 1.29 is 14.3 Å². The molecular weight excluding hydrogens is 374 g/mol. The third-order valence-electron chi connectivity index (χ3n) is 5.81. The summed E-state index contributed by atoms with van der Waals surface area (Å²) in [5.74, 6) is 1.34. The van der Waals surface area contributed by atoms with Gasteiger partial charge in [-0.1, -0.05) is 58.3 Å². The van der Waals surface area contributed by atoms with E-state index in [-0.39, 0.29) is 11.9 Å². The van der Waals surface area contributed by atoms with Gasteiger partial charge in [-0.3, -0.25) is 9.78 Å². The Morgan fingerprint density at radius 2 is 1.60 bits per heavy atom. The highest BCUT2D eigenvalue weighted by atomic mass is 16.5. The third-order valence-corrected chi connectivity index (χ3v) is 5.81. The lowest BCUT2D eigenvalue weighted by Crippen LogP contribution is -2.22. The Labute approximate surface area is 181 Å². The van der Waals surface area contributed by atoms with Crippen LogP contribution in [0, 0.1) is 5.92 Å². The largest absolute Gasteiger partial charge is 0.494 e. The Bertz CT molecular complexity index is 749. The van der Waals surface area contributed by atoms with Crippen LogP contribution in [0.4, 0.5) is 0 Å². The molecule has 162 valence electrons. The van der Waals surface area contributed by atoms with Crippen molar-refractivity contribution in [2.75, 3.05) is 6.61 Å². The van der Waals surface area contributed by atoms with E-state index in [1.165, 1.54) is 38.5 Å². The van der Waals surface area contributed by atoms with Gasteiger partial charge in [0, 0.05) is 5.56 Å². The molecule has 1 aromatic heterocycles. The monoisotopic (exact) mass is 409 g/mol. The van der Waals surface area contributed by atoms with E-state index in [2.05, 4.69) is 11.9 Å². The second kappa shape index (κ2) is 12.4. The molecule has 4 heteroatoms. The summed E-state index contributed by atoms with van der Waals surface area (Å²) in [6.07, 6.45) is 14.6. The second-order valence-corrected chi connectivity index (χ2v) is 8.28. The summed E-state index contributed by atoms with van der Waals surface area (Å²) in [4.78, 5) is 16.7. The number of ether oxygens (including phenoxy) is 2. The van der Waals surface area contributed by atoms with E-state index in [1.54, 1.807) is 6.20 Å². The number of aromatic nitrogens is 1. The van der Waals surface area contributed by atoms with Crippen molar-refractivity contribution in [3.8, 4) is 22.8 Å². The van der Waals surface area contributed by atoms with E-state index in [4.69, 9.17) is 9.47 Å². The Morgan fingerprint density at radius 3 is 2.30 bits per heavy atom. The topological polar surface area (TPSA) is 48.4 Å². The van der Waals surface area contributed by atoms with Crippen molar-refractivity contribution >= 4 is 5.97 Å². The number of carbonyl (C=O) groups is 1. The zero-order chi connectivity index (χ0) is 21.0. The van der Waals surface area contributed by atoms with Gasteiger partial charge in [0.05, 0.1) is 24.4 Å². The number of unbranched alkanes of at least 4 members (excludes halogenated alkanes) is 5. The molecule has 0 radical (unpaired) electrons. The molecular formula is C26H35NO3. The van der Waals surface area contributed by atoms with Crippen molar-refractivity contribution in [1.82, 2.24) is 4.98 Å². The number of pyridine rings is 1. The lowest BCUT2D eigenvalue weighted by Gasteiger charge is -2.19. The number of hydrogen-bond acceptors (Lipinski definition) is 4. The van der Waals surface area contributed by atoms with Crippen LogP contribution >= 0.6 is 0 Å². The maximum atomic E-state index is 12.3. The summed E-state index contributed by atoms with van der Waals surface area (Å²) >= 11 is 0. The highest BCUT2D eigenvalue weighted by Crippen LogP contribution is 2.26. The lowest BCUT2D eigenvalue weighted by atomic mass is 9.89. The lowest BCUT2D eigenvalue weighted by molar-refractivity contribution is -0.140. The average Bonchev–Trinajstić information content (AvgIpc) is 2.80. The fourth-order valence-corrected chi connectivity index (χ4v) is 3.94. The van der Waals surface area contributed by atoms with Crippen LogP contribution in [0.1, 0.15) is 77.6 Å². The molecule has 0 atom stereocenters. The number of rotatable bonds is 11. The first kappa shape index (κ1) is 22.3. The molecule has 0 aliphatic heterocycles. The summed E-state index contributed by atoms with van der Waals surface area (Å²) < 4.78 is 11.4. The number of nitrogens with zero attached hydrogens (tertiary/aromatic N) is 1. The van der Waals surface area contributed by atoms with Crippen molar-refractivity contribution in [2.45, 2.75) is 77.6 Å². The summed E-state index contributed by atoms with van der Waals surface area (Å²) in [6, 6.07) is 11.7. The molecule has 1 heterocycles. The molecule has 0 spiro atoms. The predicted octanol–water partition coefficient (Wildman–Crippen LogP) is 6.97. The third kappa shape index (κ3) is 7.16. The van der Waals surface area contributed by atoms with E-state index < -0.39 is 0 Å². The van der Waals surface area contributed by atoms with Gasteiger partial charge in [-0.25, -0.2) is 0 Å². The highest BCUT2D eigenvalue weighted by Gasteiger charge is 2.23. The van der Waals surface area contributed by atoms with Crippen LogP contribution < -0.4 is 9.47 Å². The summed E-state index contributed by atoms with van der Waals surface area (Å²) in [5.41, 5.74) is 1.88. The van der Waals surface area contributed by atoms with Gasteiger partial charge in [0.15, 0.2) is 0 Å². The van der Waals surface area contributed by atoms with E-state index in [0.717, 1.165) is 55.7 Å². The minimum Gasteiger partial charge on any atom is -0.494 e. The van der Waals surface area contributed by atoms with E-state index >= 15 is 0 Å². The van der Waals surface area contributed by atoms with Gasteiger partial charge in [0.2, 0.25) is 0 Å². The maximum absolute atomic E-state index is 12.3. The summed E-state index contributed by atoms with van der Waals surface area (Å²) in [7, 11) is 0. The molecule has 0 amide bonds. The fraction of sp³-hybridized carbons (Fsp3) is 0.538. The Kier molecular flexibility index (Phi) is 9.20. The zero-order valence-electron chi connectivity index (χ0n) is 18.3. The van der Waals surface area contributed by atoms with Gasteiger partial charge in [-0.15, -0.1) is 0 Å². The van der Waals surface area contributed by atoms with Gasteiger partial charge in [0.25, 0.3) is 0 Å². The first-order valence-electron chi connectivity index (χ1n) is 11.7. The molecule has 1 saturated carbocycles. The van der Waals surface area contributed by atoms with Crippen LogP contribution in [-0.2, 0) is 4.79 Å². The van der Waals surface area contributed by atoms with Crippen molar-refractivity contribution in [2.24, 2.45) is 5.92 Å². The normalized spacial score (nSPS) is 14.4. The minimum atomic E-state index is -0.115. The SMILES string of the molecule is CCCCCCCCOc1ccc(-c2ccc(OC(=O)C3CCCCC3)cn2)cc1. The highest BCUT2D eigenvalue weighted by molar-refractivity contribution is 5.75. The average molecular weight is 410 g/mol. The maximum Gasteiger partial charge on any atom is 0.314 e. The number of carbonyl (C=O) groups excluding carboxylic acids is 1. The van der Waals surface area contributed by atoms with E-state index in [9.17, 15) is 4.79 Å². The number of benzene rings is 1. The Hall–Kier alpha value is -2.36. The van der Waals surface area contributed by atoms with Gasteiger partial charge >= 0.3 is 5.97 Å². The van der Waals surface area contributed by atoms with Gasteiger partial charge in [-0.2, -0.15) is 0 Å². The molecule has 0 bridgehead atoms. The van der Waals surface area contributed by atoms with Crippen LogP contribution in [0.2, 0.25) is 0 Å².